The van der Waals surface area contributed by atoms with Crippen LogP contribution in [0, 0.1) is 0 Å². The molecular formula is C10H14N2O3S. The number of hydrogen-bond donors (Lipinski definition) is 2. The molecule has 1 amide bonds. The highest BCUT2D eigenvalue weighted by Crippen LogP contribution is 2.24. The molecule has 0 bridgehead atoms. The van der Waals surface area contributed by atoms with Gasteiger partial charge in [0.1, 0.15) is 6.04 Å². The molecule has 0 radical (unpaired) electrons. The lowest BCUT2D eigenvalue weighted by Crippen LogP contribution is -2.44. The number of amides is 1. The molecule has 2 saturated heterocycles. The van der Waals surface area contributed by atoms with Crippen molar-refractivity contribution in [2.24, 2.45) is 0 Å². The summed E-state index contributed by atoms with van der Waals surface area (Å²) in [6.07, 6.45) is 0. The third-order valence-electron chi connectivity index (χ3n) is 2.96. The van der Waals surface area contributed by atoms with E-state index in [9.17, 15) is 9.59 Å². The minimum absolute atomic E-state index is 0.131. The van der Waals surface area contributed by atoms with E-state index < -0.39 is 12.0 Å². The number of aliphatic carboxylic acids is 1. The van der Waals surface area contributed by atoms with Crippen molar-refractivity contribution < 1.29 is 14.7 Å². The quantitative estimate of drug-likeness (QED) is 0.661. The Balaban J connectivity index is 2.12. The van der Waals surface area contributed by atoms with Crippen molar-refractivity contribution in [1.82, 2.24) is 10.2 Å². The van der Waals surface area contributed by atoms with E-state index in [1.165, 1.54) is 16.7 Å². The number of carbonyl (C=O) groups is 2. The summed E-state index contributed by atoms with van der Waals surface area (Å²) in [4.78, 5) is 24.5. The van der Waals surface area contributed by atoms with Crippen molar-refractivity contribution in [1.29, 1.82) is 0 Å². The molecule has 6 heteroatoms. The monoisotopic (exact) mass is 242 g/mol. The number of rotatable bonds is 2. The molecule has 0 aliphatic carbocycles. The van der Waals surface area contributed by atoms with Crippen LogP contribution in [0.4, 0.5) is 0 Å². The summed E-state index contributed by atoms with van der Waals surface area (Å²) in [7, 11) is 0. The molecule has 1 unspecified atom stereocenters. The number of thioether (sulfide) groups is 1. The largest absolute Gasteiger partial charge is 0.480 e. The molecule has 2 heterocycles. The van der Waals surface area contributed by atoms with E-state index in [0.29, 0.717) is 17.2 Å². The first kappa shape index (κ1) is 11.5. The van der Waals surface area contributed by atoms with Gasteiger partial charge in [0.15, 0.2) is 0 Å². The summed E-state index contributed by atoms with van der Waals surface area (Å²) in [6.45, 7) is 3.27. The standard InChI is InChI=1S/C10H14N2O3S/c1-6(7-2-11-3-7)9(13)12-5-16-4-8(12)10(14)15/h8,11H,2-5H2,1H3,(H,14,15). The fourth-order valence-electron chi connectivity index (χ4n) is 1.73. The van der Waals surface area contributed by atoms with Gasteiger partial charge in [-0.1, -0.05) is 0 Å². The van der Waals surface area contributed by atoms with Crippen molar-refractivity contribution >= 4 is 23.6 Å². The van der Waals surface area contributed by atoms with E-state index in [0.717, 1.165) is 18.7 Å². The van der Waals surface area contributed by atoms with Crippen LogP contribution in [0.5, 0.6) is 0 Å². The molecule has 2 fully saturated rings. The number of carboxylic acids is 1. The second kappa shape index (κ2) is 4.47. The minimum Gasteiger partial charge on any atom is -0.480 e. The van der Waals surface area contributed by atoms with Gasteiger partial charge in [0.25, 0.3) is 5.91 Å². The van der Waals surface area contributed by atoms with Crippen molar-refractivity contribution in [2.75, 3.05) is 24.7 Å². The maximum atomic E-state index is 12.1. The van der Waals surface area contributed by atoms with Crippen LogP contribution in [0.25, 0.3) is 0 Å². The molecule has 1 atom stereocenters. The second-order valence-corrected chi connectivity index (χ2v) is 4.96. The first-order valence-corrected chi connectivity index (χ1v) is 6.27. The Labute approximate surface area is 97.9 Å². The third kappa shape index (κ3) is 1.94. The molecule has 0 aromatic carbocycles. The molecule has 5 nitrogen and oxygen atoms in total. The predicted octanol–water partition coefficient (Wildman–Crippen LogP) is -0.108. The maximum absolute atomic E-state index is 12.1. The van der Waals surface area contributed by atoms with Crippen molar-refractivity contribution in [3.8, 4) is 0 Å². The van der Waals surface area contributed by atoms with E-state index in [2.05, 4.69) is 5.32 Å². The Bertz CT molecular complexity index is 361. The number of carboxylic acid groups (broad SMARTS) is 1. The topological polar surface area (TPSA) is 69.6 Å². The Kier molecular flexibility index (Phi) is 3.20. The fraction of sp³-hybridized carbons (Fsp3) is 0.600. The molecule has 16 heavy (non-hydrogen) atoms. The van der Waals surface area contributed by atoms with E-state index >= 15 is 0 Å². The molecule has 0 saturated carbocycles. The third-order valence-corrected chi connectivity index (χ3v) is 3.97. The Morgan fingerprint density at radius 3 is 2.69 bits per heavy atom. The van der Waals surface area contributed by atoms with E-state index in [1.54, 1.807) is 6.92 Å². The number of carbonyl (C=O) groups excluding carboxylic acids is 1. The van der Waals surface area contributed by atoms with Crippen LogP contribution in [0.2, 0.25) is 0 Å². The summed E-state index contributed by atoms with van der Waals surface area (Å²) in [5.74, 6) is -0.0766. The van der Waals surface area contributed by atoms with E-state index in [4.69, 9.17) is 5.11 Å². The van der Waals surface area contributed by atoms with Gasteiger partial charge in [-0.2, -0.15) is 0 Å². The molecule has 2 rings (SSSR count). The van der Waals surface area contributed by atoms with Crippen molar-refractivity contribution in [2.45, 2.75) is 13.0 Å². The number of nitrogens with one attached hydrogen (secondary N) is 1. The van der Waals surface area contributed by atoms with Crippen LogP contribution < -0.4 is 5.32 Å². The van der Waals surface area contributed by atoms with Gasteiger partial charge < -0.3 is 15.3 Å². The van der Waals surface area contributed by atoms with Crippen LogP contribution in [-0.4, -0.2) is 52.6 Å². The van der Waals surface area contributed by atoms with Gasteiger partial charge in [-0.05, 0) is 12.5 Å². The van der Waals surface area contributed by atoms with Crippen LogP contribution in [0.1, 0.15) is 6.92 Å². The summed E-state index contributed by atoms with van der Waals surface area (Å²) in [6, 6.07) is -0.666. The number of nitrogens with zero attached hydrogens (tertiary/aromatic N) is 1. The zero-order valence-electron chi connectivity index (χ0n) is 9.02. The minimum atomic E-state index is -0.914. The highest BCUT2D eigenvalue weighted by molar-refractivity contribution is 7.99. The fourth-order valence-corrected chi connectivity index (χ4v) is 2.87. The van der Waals surface area contributed by atoms with Crippen LogP contribution in [-0.2, 0) is 9.59 Å². The van der Waals surface area contributed by atoms with Gasteiger partial charge in [-0.3, -0.25) is 4.79 Å². The van der Waals surface area contributed by atoms with Gasteiger partial charge in [-0.25, -0.2) is 4.79 Å². The van der Waals surface area contributed by atoms with E-state index in [-0.39, 0.29) is 5.91 Å². The highest BCUT2D eigenvalue weighted by Gasteiger charge is 2.35. The lowest BCUT2D eigenvalue weighted by molar-refractivity contribution is -0.146. The summed E-state index contributed by atoms with van der Waals surface area (Å²) in [5, 5.41) is 12.1. The smallest absolute Gasteiger partial charge is 0.327 e. The molecule has 2 aliphatic rings. The zero-order chi connectivity index (χ0) is 11.7. The predicted molar refractivity (Wildman–Crippen MR) is 61.2 cm³/mol. The SMILES string of the molecule is CC(C(=O)N1CSCC1C(=O)O)=C1CNC1. The molecule has 0 aromatic rings. The first-order valence-electron chi connectivity index (χ1n) is 5.12. The van der Waals surface area contributed by atoms with Gasteiger partial charge in [-0.15, -0.1) is 11.8 Å². The first-order chi connectivity index (χ1) is 7.61. The Morgan fingerprint density at radius 1 is 1.50 bits per heavy atom. The van der Waals surface area contributed by atoms with Gasteiger partial charge in [0.2, 0.25) is 0 Å². The van der Waals surface area contributed by atoms with Crippen LogP contribution in [0.3, 0.4) is 0 Å². The average Bonchev–Trinajstić information content (AvgIpc) is 2.61. The maximum Gasteiger partial charge on any atom is 0.327 e. The summed E-state index contributed by atoms with van der Waals surface area (Å²) < 4.78 is 0. The zero-order valence-corrected chi connectivity index (χ0v) is 9.84. The van der Waals surface area contributed by atoms with Gasteiger partial charge >= 0.3 is 5.97 Å². The van der Waals surface area contributed by atoms with Crippen molar-refractivity contribution in [3.05, 3.63) is 11.1 Å². The highest BCUT2D eigenvalue weighted by atomic mass is 32.2. The second-order valence-electron chi connectivity index (χ2n) is 3.96. The summed E-state index contributed by atoms with van der Waals surface area (Å²) >= 11 is 1.49. The molecular weight excluding hydrogens is 228 g/mol. The molecule has 0 spiro atoms. The molecule has 2 aliphatic heterocycles. The Hall–Kier alpha value is -1.01. The molecule has 0 aromatic heterocycles. The summed E-state index contributed by atoms with van der Waals surface area (Å²) in [5.41, 5.74) is 1.79. The van der Waals surface area contributed by atoms with Crippen molar-refractivity contribution in [3.63, 3.8) is 0 Å². The Morgan fingerprint density at radius 2 is 2.19 bits per heavy atom. The normalized spacial score (nSPS) is 24.2. The van der Waals surface area contributed by atoms with Crippen LogP contribution in [0.15, 0.2) is 11.1 Å². The lowest BCUT2D eigenvalue weighted by Gasteiger charge is -2.26. The lowest BCUT2D eigenvalue weighted by atomic mass is 10.0. The molecule has 88 valence electrons. The van der Waals surface area contributed by atoms with E-state index in [1.807, 2.05) is 0 Å². The number of hydrogen-bond acceptors (Lipinski definition) is 4. The van der Waals surface area contributed by atoms with Crippen LogP contribution >= 0.6 is 11.8 Å². The van der Waals surface area contributed by atoms with Gasteiger partial charge in [0, 0.05) is 24.4 Å². The van der Waals surface area contributed by atoms with Gasteiger partial charge in [0.05, 0.1) is 5.88 Å². The average molecular weight is 242 g/mol. The molecule has 2 N–H and O–H groups in total.